The van der Waals surface area contributed by atoms with Crippen molar-refractivity contribution in [1.82, 2.24) is 10.2 Å². The van der Waals surface area contributed by atoms with Crippen LogP contribution < -0.4 is 5.32 Å². The van der Waals surface area contributed by atoms with Gasteiger partial charge in [-0.2, -0.15) is 0 Å². The number of ether oxygens (including phenoxy) is 1. The average molecular weight is 477 g/mol. The van der Waals surface area contributed by atoms with Crippen LogP contribution in [0.3, 0.4) is 0 Å². The summed E-state index contributed by atoms with van der Waals surface area (Å²) in [5.74, 6) is -1.21. The molecule has 0 saturated heterocycles. The van der Waals surface area contributed by atoms with Gasteiger partial charge >= 0.3 is 12.1 Å². The summed E-state index contributed by atoms with van der Waals surface area (Å²) in [7, 11) is 0. The molecule has 7 heteroatoms. The number of carbonyl (C=O) groups is 3. The van der Waals surface area contributed by atoms with E-state index in [-0.39, 0.29) is 31.0 Å². The minimum absolute atomic E-state index is 0.0264. The molecule has 2 saturated carbocycles. The minimum atomic E-state index is -1.00. The van der Waals surface area contributed by atoms with Gasteiger partial charge in [0.15, 0.2) is 0 Å². The lowest BCUT2D eigenvalue weighted by Crippen LogP contribution is -2.51. The Labute approximate surface area is 205 Å². The molecule has 3 aliphatic rings. The molecule has 2 amide bonds. The Bertz CT molecular complexity index is 1070. The quantitative estimate of drug-likeness (QED) is 0.589. The van der Waals surface area contributed by atoms with Crippen LogP contribution in [0.2, 0.25) is 0 Å². The Morgan fingerprint density at radius 3 is 2.17 bits per heavy atom. The van der Waals surface area contributed by atoms with Crippen molar-refractivity contribution in [3.05, 3.63) is 59.7 Å². The van der Waals surface area contributed by atoms with Gasteiger partial charge in [-0.15, -0.1) is 0 Å². The lowest BCUT2D eigenvalue weighted by atomic mass is 9.83. The molecule has 184 valence electrons. The highest BCUT2D eigenvalue weighted by molar-refractivity contribution is 5.84. The van der Waals surface area contributed by atoms with Crippen LogP contribution in [0.4, 0.5) is 4.79 Å². The van der Waals surface area contributed by atoms with Gasteiger partial charge in [0, 0.05) is 18.5 Å². The molecule has 0 unspecified atom stereocenters. The summed E-state index contributed by atoms with van der Waals surface area (Å²) < 4.78 is 5.70. The van der Waals surface area contributed by atoms with Gasteiger partial charge in [0.25, 0.3) is 0 Å². The molecular weight excluding hydrogens is 444 g/mol. The Morgan fingerprint density at radius 2 is 1.54 bits per heavy atom. The van der Waals surface area contributed by atoms with E-state index < -0.39 is 18.0 Å². The van der Waals surface area contributed by atoms with E-state index in [9.17, 15) is 19.5 Å². The first-order valence-electron chi connectivity index (χ1n) is 12.6. The molecule has 5 rings (SSSR count). The second-order valence-electron chi connectivity index (χ2n) is 10.0. The zero-order chi connectivity index (χ0) is 24.4. The van der Waals surface area contributed by atoms with Gasteiger partial charge in [0.2, 0.25) is 5.91 Å². The summed E-state index contributed by atoms with van der Waals surface area (Å²) in [5, 5.41) is 12.2. The van der Waals surface area contributed by atoms with E-state index in [4.69, 9.17) is 4.74 Å². The predicted molar refractivity (Wildman–Crippen MR) is 131 cm³/mol. The Kier molecular flexibility index (Phi) is 6.75. The zero-order valence-corrected chi connectivity index (χ0v) is 19.8. The van der Waals surface area contributed by atoms with Gasteiger partial charge in [-0.05, 0) is 53.9 Å². The van der Waals surface area contributed by atoms with Crippen molar-refractivity contribution in [3.8, 4) is 11.1 Å². The maximum Gasteiger partial charge on any atom is 0.407 e. The maximum atomic E-state index is 13.3. The fourth-order valence-electron chi connectivity index (χ4n) is 5.63. The summed E-state index contributed by atoms with van der Waals surface area (Å²) >= 11 is 0. The molecule has 35 heavy (non-hydrogen) atoms. The average Bonchev–Trinajstić information content (AvgIpc) is 3.62. The van der Waals surface area contributed by atoms with Gasteiger partial charge in [-0.3, -0.25) is 9.59 Å². The van der Waals surface area contributed by atoms with Crippen molar-refractivity contribution in [3.63, 3.8) is 0 Å². The van der Waals surface area contributed by atoms with Crippen molar-refractivity contribution < 1.29 is 24.2 Å². The lowest BCUT2D eigenvalue weighted by Gasteiger charge is -2.34. The van der Waals surface area contributed by atoms with E-state index in [1.807, 2.05) is 24.3 Å². The monoisotopic (exact) mass is 476 g/mol. The van der Waals surface area contributed by atoms with Crippen molar-refractivity contribution in [2.24, 2.45) is 11.8 Å². The second kappa shape index (κ2) is 10.1. The Morgan fingerprint density at radius 1 is 0.914 bits per heavy atom. The molecule has 0 radical (unpaired) electrons. The number of hydrogen-bond acceptors (Lipinski definition) is 4. The number of nitrogens with zero attached hydrogens (tertiary/aromatic N) is 1. The highest BCUT2D eigenvalue weighted by Crippen LogP contribution is 2.44. The molecule has 0 aromatic heterocycles. The summed E-state index contributed by atoms with van der Waals surface area (Å²) in [6, 6.07) is 16.0. The molecule has 2 fully saturated rings. The lowest BCUT2D eigenvalue weighted by molar-refractivity contribution is -0.147. The highest BCUT2D eigenvalue weighted by Gasteiger charge is 2.38. The molecule has 7 nitrogen and oxygen atoms in total. The van der Waals surface area contributed by atoms with Crippen LogP contribution in [0.1, 0.15) is 55.6 Å². The Hall–Kier alpha value is -3.35. The Balaban J connectivity index is 1.23. The summed E-state index contributed by atoms with van der Waals surface area (Å²) in [6.07, 6.45) is 4.69. The molecular formula is C28H32N2O5. The number of aliphatic carboxylic acids is 1. The number of alkyl carbamates (subject to hydrolysis) is 1. The topological polar surface area (TPSA) is 95.9 Å². The van der Waals surface area contributed by atoms with E-state index in [0.29, 0.717) is 25.3 Å². The number of carboxylic acids is 1. The van der Waals surface area contributed by atoms with Gasteiger partial charge in [-0.25, -0.2) is 4.79 Å². The fourth-order valence-corrected chi connectivity index (χ4v) is 5.63. The number of hydrogen-bond donors (Lipinski definition) is 2. The van der Waals surface area contributed by atoms with Crippen LogP contribution in [0.15, 0.2) is 48.5 Å². The molecule has 3 aliphatic carbocycles. The number of nitrogens with one attached hydrogen (secondary N) is 1. The number of fused-ring (bicyclic) bond motifs is 3. The van der Waals surface area contributed by atoms with E-state index >= 15 is 0 Å². The van der Waals surface area contributed by atoms with E-state index in [1.165, 1.54) is 16.0 Å². The van der Waals surface area contributed by atoms with E-state index in [0.717, 1.165) is 36.8 Å². The van der Waals surface area contributed by atoms with Gasteiger partial charge in [-0.1, -0.05) is 61.4 Å². The number of benzene rings is 2. The maximum absolute atomic E-state index is 13.3. The molecule has 2 atom stereocenters. The molecule has 0 heterocycles. The normalized spacial score (nSPS) is 21.0. The standard InChI is InChI=1S/C28H32N2O5/c31-26(32)16-30(15-18-13-14-18)27(33)23-11-5-6-12-25(23)29-28(34)35-17-24-21-9-3-1-7-19(21)20-8-2-4-10-22(20)24/h1-4,7-10,18,23-25H,5-6,11-17H2,(H,29,34)(H,31,32)/t23-,25+/m1/s1. The molecule has 0 spiro atoms. The van der Waals surface area contributed by atoms with Crippen molar-refractivity contribution in [2.75, 3.05) is 19.7 Å². The van der Waals surface area contributed by atoms with Gasteiger partial charge in [0.05, 0.1) is 5.92 Å². The van der Waals surface area contributed by atoms with Crippen molar-refractivity contribution in [2.45, 2.75) is 50.5 Å². The van der Waals surface area contributed by atoms with Crippen LogP contribution in [0.25, 0.3) is 11.1 Å². The number of amides is 2. The van der Waals surface area contributed by atoms with Crippen LogP contribution in [-0.2, 0) is 14.3 Å². The van der Waals surface area contributed by atoms with Crippen molar-refractivity contribution >= 4 is 18.0 Å². The number of carbonyl (C=O) groups excluding carboxylic acids is 2. The van der Waals surface area contributed by atoms with Crippen LogP contribution >= 0.6 is 0 Å². The van der Waals surface area contributed by atoms with Crippen LogP contribution in [-0.4, -0.2) is 53.7 Å². The predicted octanol–water partition coefficient (Wildman–Crippen LogP) is 4.41. The molecule has 0 bridgehead atoms. The van der Waals surface area contributed by atoms with Gasteiger partial charge in [0.1, 0.15) is 13.2 Å². The molecule has 2 N–H and O–H groups in total. The second-order valence-corrected chi connectivity index (χ2v) is 10.0. The number of rotatable bonds is 8. The van der Waals surface area contributed by atoms with Crippen LogP contribution in [0, 0.1) is 11.8 Å². The third-order valence-electron chi connectivity index (χ3n) is 7.54. The summed E-state index contributed by atoms with van der Waals surface area (Å²) in [4.78, 5) is 39.0. The first-order chi connectivity index (χ1) is 17.0. The largest absolute Gasteiger partial charge is 0.480 e. The number of carboxylic acid groups (broad SMARTS) is 1. The van der Waals surface area contributed by atoms with Crippen molar-refractivity contribution in [1.29, 1.82) is 0 Å². The molecule has 0 aliphatic heterocycles. The highest BCUT2D eigenvalue weighted by atomic mass is 16.5. The van der Waals surface area contributed by atoms with Gasteiger partial charge < -0.3 is 20.1 Å². The third kappa shape index (κ3) is 5.19. The SMILES string of the molecule is O=C(O)CN(CC1CC1)C(=O)[C@@H]1CCCC[C@@H]1NC(=O)OCC1c2ccccc2-c2ccccc21. The first kappa shape index (κ1) is 23.4. The third-order valence-corrected chi connectivity index (χ3v) is 7.54. The fraction of sp³-hybridized carbons (Fsp3) is 0.464. The summed E-state index contributed by atoms with van der Waals surface area (Å²) in [6.45, 7) is 0.417. The smallest absolute Gasteiger partial charge is 0.407 e. The zero-order valence-electron chi connectivity index (χ0n) is 19.8. The van der Waals surface area contributed by atoms with E-state index in [1.54, 1.807) is 0 Å². The van der Waals surface area contributed by atoms with E-state index in [2.05, 4.69) is 29.6 Å². The first-order valence-corrected chi connectivity index (χ1v) is 12.6. The molecule has 2 aromatic carbocycles. The minimum Gasteiger partial charge on any atom is -0.480 e. The summed E-state index contributed by atoms with van der Waals surface area (Å²) in [5.41, 5.74) is 4.64. The molecule has 2 aromatic rings. The van der Waals surface area contributed by atoms with Crippen LogP contribution in [0.5, 0.6) is 0 Å².